The minimum Gasteiger partial charge on any atom is -0.346 e. The van der Waals surface area contributed by atoms with Gasteiger partial charge in [-0.15, -0.1) is 0 Å². The highest BCUT2D eigenvalue weighted by Gasteiger charge is 1.97. The Hall–Kier alpha value is -1.38. The number of aryl methyl sites for hydroxylation is 2. The molecule has 1 heterocycles. The molecule has 0 aliphatic carbocycles. The topological polar surface area (TPSA) is 37.8 Å². The van der Waals surface area contributed by atoms with Gasteiger partial charge in [0.25, 0.3) is 0 Å². The van der Waals surface area contributed by atoms with E-state index in [9.17, 15) is 0 Å². The lowest BCUT2D eigenvalue weighted by atomic mass is 10.4. The summed E-state index contributed by atoms with van der Waals surface area (Å²) in [6.45, 7) is 11.4. The number of hydrogen-bond donors (Lipinski definition) is 1. The Morgan fingerprint density at radius 3 is 2.46 bits per heavy atom. The first-order chi connectivity index (χ1) is 6.24. The SMILES string of the molecule is C=CNc1ncc(C)nc1C.CC. The average molecular weight is 179 g/mol. The minimum atomic E-state index is 0.769. The number of nitrogens with zero attached hydrogens (tertiary/aromatic N) is 2. The Morgan fingerprint density at radius 2 is 2.00 bits per heavy atom. The van der Waals surface area contributed by atoms with Crippen LogP contribution in [0.4, 0.5) is 5.82 Å². The molecular weight excluding hydrogens is 162 g/mol. The molecule has 0 radical (unpaired) electrons. The van der Waals surface area contributed by atoms with Crippen molar-refractivity contribution < 1.29 is 0 Å². The van der Waals surface area contributed by atoms with E-state index in [1.54, 1.807) is 12.4 Å². The normalized spacial score (nSPS) is 8.31. The van der Waals surface area contributed by atoms with Gasteiger partial charge in [0.05, 0.1) is 17.6 Å². The summed E-state index contributed by atoms with van der Waals surface area (Å²) in [6.07, 6.45) is 3.31. The second-order valence-electron chi connectivity index (χ2n) is 2.29. The van der Waals surface area contributed by atoms with Gasteiger partial charge in [-0.05, 0) is 20.0 Å². The Kier molecular flexibility index (Phi) is 5.52. The molecule has 0 saturated heterocycles. The predicted molar refractivity (Wildman–Crippen MR) is 56.7 cm³/mol. The van der Waals surface area contributed by atoms with Crippen LogP contribution in [0, 0.1) is 13.8 Å². The lowest BCUT2D eigenvalue weighted by Gasteiger charge is -2.02. The van der Waals surface area contributed by atoms with Crippen LogP contribution in [0.5, 0.6) is 0 Å². The number of hydrogen-bond acceptors (Lipinski definition) is 3. The van der Waals surface area contributed by atoms with Crippen LogP contribution in [-0.2, 0) is 0 Å². The van der Waals surface area contributed by atoms with E-state index in [-0.39, 0.29) is 0 Å². The van der Waals surface area contributed by atoms with Crippen molar-refractivity contribution in [2.24, 2.45) is 0 Å². The second-order valence-corrected chi connectivity index (χ2v) is 2.29. The molecule has 0 aliphatic rings. The van der Waals surface area contributed by atoms with Gasteiger partial charge in [0.1, 0.15) is 0 Å². The van der Waals surface area contributed by atoms with Crippen LogP contribution in [0.25, 0.3) is 0 Å². The summed E-state index contributed by atoms with van der Waals surface area (Å²) in [7, 11) is 0. The van der Waals surface area contributed by atoms with Gasteiger partial charge in [-0.1, -0.05) is 20.4 Å². The van der Waals surface area contributed by atoms with Gasteiger partial charge in [0.2, 0.25) is 0 Å². The van der Waals surface area contributed by atoms with Gasteiger partial charge in [0, 0.05) is 0 Å². The number of nitrogens with one attached hydrogen (secondary N) is 1. The second kappa shape index (κ2) is 6.17. The summed E-state index contributed by atoms with van der Waals surface area (Å²) >= 11 is 0. The molecule has 0 bridgehead atoms. The molecule has 3 nitrogen and oxygen atoms in total. The molecule has 0 atom stereocenters. The van der Waals surface area contributed by atoms with Gasteiger partial charge < -0.3 is 5.32 Å². The van der Waals surface area contributed by atoms with Gasteiger partial charge >= 0.3 is 0 Å². The maximum atomic E-state index is 4.22. The molecule has 1 aromatic rings. The highest BCUT2D eigenvalue weighted by atomic mass is 15.0. The molecule has 3 heteroatoms. The van der Waals surface area contributed by atoms with Crippen LogP contribution < -0.4 is 5.32 Å². The Balaban J connectivity index is 0.000000671. The molecule has 0 amide bonds. The lowest BCUT2D eigenvalue weighted by Crippen LogP contribution is -1.97. The molecule has 13 heavy (non-hydrogen) atoms. The van der Waals surface area contributed by atoms with Crippen molar-refractivity contribution in [3.63, 3.8) is 0 Å². The zero-order chi connectivity index (χ0) is 10.3. The summed E-state index contributed by atoms with van der Waals surface area (Å²) in [5, 5.41) is 2.89. The highest BCUT2D eigenvalue weighted by Crippen LogP contribution is 2.07. The molecule has 0 fully saturated rings. The molecule has 0 saturated carbocycles. The fourth-order valence-corrected chi connectivity index (χ4v) is 0.836. The van der Waals surface area contributed by atoms with E-state index in [0.717, 1.165) is 17.2 Å². The lowest BCUT2D eigenvalue weighted by molar-refractivity contribution is 1.06. The standard InChI is InChI=1S/C8H11N3.C2H6/c1-4-9-8-7(3)11-6(2)5-10-8;1-2/h4-5H,1H2,2-3H3,(H,9,10);1-2H3. The average Bonchev–Trinajstić information content (AvgIpc) is 2.14. The minimum absolute atomic E-state index is 0.769. The molecule has 0 aliphatic heterocycles. The molecule has 0 aromatic carbocycles. The fraction of sp³-hybridized carbons (Fsp3) is 0.400. The maximum Gasteiger partial charge on any atom is 0.151 e. The molecular formula is C10H17N3. The number of aromatic nitrogens is 2. The van der Waals surface area contributed by atoms with E-state index in [1.807, 2.05) is 27.7 Å². The van der Waals surface area contributed by atoms with Gasteiger partial charge in [0.15, 0.2) is 5.82 Å². The quantitative estimate of drug-likeness (QED) is 0.758. The van der Waals surface area contributed by atoms with E-state index in [4.69, 9.17) is 0 Å². The van der Waals surface area contributed by atoms with Crippen LogP contribution in [0.3, 0.4) is 0 Å². The van der Waals surface area contributed by atoms with E-state index in [0.29, 0.717) is 0 Å². The smallest absolute Gasteiger partial charge is 0.151 e. The molecule has 1 rings (SSSR count). The third kappa shape index (κ3) is 3.69. The number of anilines is 1. The number of rotatable bonds is 2. The van der Waals surface area contributed by atoms with Crippen LogP contribution in [0.1, 0.15) is 25.2 Å². The van der Waals surface area contributed by atoms with Crippen LogP contribution in [-0.4, -0.2) is 9.97 Å². The third-order valence-corrected chi connectivity index (χ3v) is 1.31. The molecule has 0 unspecified atom stereocenters. The van der Waals surface area contributed by atoms with Crippen LogP contribution >= 0.6 is 0 Å². The van der Waals surface area contributed by atoms with Gasteiger partial charge in [-0.25, -0.2) is 4.98 Å². The van der Waals surface area contributed by atoms with Crippen LogP contribution in [0.15, 0.2) is 19.0 Å². The summed E-state index contributed by atoms with van der Waals surface area (Å²) in [6, 6.07) is 0. The molecule has 0 spiro atoms. The summed E-state index contributed by atoms with van der Waals surface area (Å²) in [5.41, 5.74) is 1.82. The van der Waals surface area contributed by atoms with Crippen molar-refractivity contribution in [2.45, 2.75) is 27.7 Å². The summed E-state index contributed by atoms with van der Waals surface area (Å²) in [5.74, 6) is 0.769. The summed E-state index contributed by atoms with van der Waals surface area (Å²) < 4.78 is 0. The van der Waals surface area contributed by atoms with Gasteiger partial charge in [-0.2, -0.15) is 0 Å². The Labute approximate surface area is 79.9 Å². The van der Waals surface area contributed by atoms with E-state index in [2.05, 4.69) is 21.9 Å². The van der Waals surface area contributed by atoms with Crippen molar-refractivity contribution in [1.82, 2.24) is 9.97 Å². The Morgan fingerprint density at radius 1 is 1.38 bits per heavy atom. The molecule has 1 aromatic heterocycles. The zero-order valence-electron chi connectivity index (χ0n) is 8.76. The van der Waals surface area contributed by atoms with Crippen LogP contribution in [0.2, 0.25) is 0 Å². The maximum absolute atomic E-state index is 4.22. The van der Waals surface area contributed by atoms with E-state index < -0.39 is 0 Å². The monoisotopic (exact) mass is 179 g/mol. The predicted octanol–water partition coefficient (Wildman–Crippen LogP) is 2.68. The Bertz CT molecular complexity index is 269. The van der Waals surface area contributed by atoms with Crippen molar-refractivity contribution in [1.29, 1.82) is 0 Å². The van der Waals surface area contributed by atoms with Crippen molar-refractivity contribution in [3.8, 4) is 0 Å². The van der Waals surface area contributed by atoms with Crippen molar-refractivity contribution in [2.75, 3.05) is 5.32 Å². The first kappa shape index (κ1) is 11.6. The summed E-state index contributed by atoms with van der Waals surface area (Å²) in [4.78, 5) is 8.34. The first-order valence-corrected chi connectivity index (χ1v) is 4.41. The van der Waals surface area contributed by atoms with E-state index in [1.165, 1.54) is 0 Å². The molecule has 72 valence electrons. The molecule has 1 N–H and O–H groups in total. The van der Waals surface area contributed by atoms with Gasteiger partial charge in [-0.3, -0.25) is 4.98 Å². The largest absolute Gasteiger partial charge is 0.346 e. The van der Waals surface area contributed by atoms with Crippen molar-refractivity contribution in [3.05, 3.63) is 30.4 Å². The zero-order valence-corrected chi connectivity index (χ0v) is 8.76. The highest BCUT2D eigenvalue weighted by molar-refractivity contribution is 5.41. The first-order valence-electron chi connectivity index (χ1n) is 4.41. The van der Waals surface area contributed by atoms with E-state index >= 15 is 0 Å². The third-order valence-electron chi connectivity index (χ3n) is 1.31. The van der Waals surface area contributed by atoms with Crippen molar-refractivity contribution >= 4 is 5.82 Å². The fourth-order valence-electron chi connectivity index (χ4n) is 0.836.